The second-order valence-corrected chi connectivity index (χ2v) is 6.10. The van der Waals surface area contributed by atoms with E-state index < -0.39 is 0 Å². The molecule has 0 unspecified atom stereocenters. The number of piperidine rings is 1. The van der Waals surface area contributed by atoms with Crippen molar-refractivity contribution in [3.05, 3.63) is 45.5 Å². The van der Waals surface area contributed by atoms with Crippen molar-refractivity contribution in [2.75, 3.05) is 13.1 Å². The van der Waals surface area contributed by atoms with Crippen molar-refractivity contribution >= 4 is 33.4 Å². The van der Waals surface area contributed by atoms with E-state index in [1.54, 1.807) is 0 Å². The van der Waals surface area contributed by atoms with Gasteiger partial charge in [0.2, 0.25) is 0 Å². The molecule has 3 rings (SSSR count). The van der Waals surface area contributed by atoms with Gasteiger partial charge >= 0.3 is 0 Å². The molecule has 2 aromatic rings. The summed E-state index contributed by atoms with van der Waals surface area (Å²) >= 11 is 2.43. The largest absolute Gasteiger partial charge is 0.294 e. The van der Waals surface area contributed by atoms with Crippen LogP contribution in [0.4, 0.5) is 0 Å². The Morgan fingerprint density at radius 3 is 2.63 bits per heavy atom. The number of hydrogen-bond donors (Lipinski definition) is 0. The Balaban J connectivity index is 1.75. The van der Waals surface area contributed by atoms with Crippen LogP contribution in [0.1, 0.15) is 24.8 Å². The van der Waals surface area contributed by atoms with Crippen molar-refractivity contribution in [2.45, 2.75) is 25.9 Å². The van der Waals surface area contributed by atoms with Crippen LogP contribution in [0, 0.1) is 3.57 Å². The van der Waals surface area contributed by atoms with E-state index in [0.29, 0.717) is 6.61 Å². The maximum Gasteiger partial charge on any atom is 0.0946 e. The van der Waals surface area contributed by atoms with E-state index in [4.69, 9.17) is 4.84 Å². The Kier molecular flexibility index (Phi) is 4.35. The molecule has 0 spiro atoms. The second-order valence-electron chi connectivity index (χ2n) is 5.02. The number of halogens is 1. The predicted molar refractivity (Wildman–Crippen MR) is 86.9 cm³/mol. The summed E-state index contributed by atoms with van der Waals surface area (Å²) in [7, 11) is 0. The van der Waals surface area contributed by atoms with Gasteiger partial charge < -0.3 is 0 Å². The molecule has 100 valence electrons. The van der Waals surface area contributed by atoms with Gasteiger partial charge in [-0.15, -0.1) is 0 Å². The van der Waals surface area contributed by atoms with Crippen molar-refractivity contribution in [3.8, 4) is 0 Å². The number of hydroxylamine groups is 2. The van der Waals surface area contributed by atoms with Crippen molar-refractivity contribution in [1.29, 1.82) is 0 Å². The molecule has 1 saturated heterocycles. The van der Waals surface area contributed by atoms with Gasteiger partial charge in [0.1, 0.15) is 0 Å². The lowest BCUT2D eigenvalue weighted by Crippen LogP contribution is -2.29. The molecular formula is C16H18INO. The highest BCUT2D eigenvalue weighted by molar-refractivity contribution is 14.1. The molecule has 1 aliphatic heterocycles. The van der Waals surface area contributed by atoms with Crippen LogP contribution in [0.15, 0.2) is 36.4 Å². The molecule has 0 bridgehead atoms. The van der Waals surface area contributed by atoms with Crippen LogP contribution in [0.5, 0.6) is 0 Å². The fraction of sp³-hybridized carbons (Fsp3) is 0.375. The zero-order valence-electron chi connectivity index (χ0n) is 10.9. The van der Waals surface area contributed by atoms with Gasteiger partial charge in [-0.25, -0.2) is 0 Å². The Labute approximate surface area is 127 Å². The van der Waals surface area contributed by atoms with Gasteiger partial charge in [-0.3, -0.25) is 4.84 Å². The summed E-state index contributed by atoms with van der Waals surface area (Å²) in [6, 6.07) is 12.9. The molecule has 3 heteroatoms. The first kappa shape index (κ1) is 13.3. The third-order valence-corrected chi connectivity index (χ3v) is 4.93. The first-order valence-electron chi connectivity index (χ1n) is 6.88. The maximum absolute atomic E-state index is 5.93. The van der Waals surface area contributed by atoms with Crippen LogP contribution in [-0.2, 0) is 11.4 Å². The normalized spacial score (nSPS) is 16.9. The van der Waals surface area contributed by atoms with Crippen molar-refractivity contribution in [1.82, 2.24) is 5.06 Å². The van der Waals surface area contributed by atoms with Gasteiger partial charge in [-0.1, -0.05) is 42.8 Å². The summed E-state index contributed by atoms with van der Waals surface area (Å²) in [6.07, 6.45) is 3.86. The highest BCUT2D eigenvalue weighted by Crippen LogP contribution is 2.25. The molecule has 2 nitrogen and oxygen atoms in total. The molecule has 0 aromatic heterocycles. The molecule has 0 aliphatic carbocycles. The number of rotatable bonds is 3. The molecule has 0 N–H and O–H groups in total. The Bertz CT molecular complexity index is 564. The Morgan fingerprint density at radius 1 is 1.00 bits per heavy atom. The number of nitrogens with zero attached hydrogens (tertiary/aromatic N) is 1. The topological polar surface area (TPSA) is 12.5 Å². The predicted octanol–water partition coefficient (Wildman–Crippen LogP) is 4.36. The summed E-state index contributed by atoms with van der Waals surface area (Å²) in [5.74, 6) is 0. The number of hydrogen-bond acceptors (Lipinski definition) is 2. The quantitative estimate of drug-likeness (QED) is 0.748. The van der Waals surface area contributed by atoms with Crippen molar-refractivity contribution in [2.24, 2.45) is 0 Å². The third-order valence-electron chi connectivity index (χ3n) is 3.66. The van der Waals surface area contributed by atoms with E-state index >= 15 is 0 Å². The summed E-state index contributed by atoms with van der Waals surface area (Å²) < 4.78 is 1.31. The summed E-state index contributed by atoms with van der Waals surface area (Å²) in [6.45, 7) is 2.83. The highest BCUT2D eigenvalue weighted by atomic mass is 127. The minimum absolute atomic E-state index is 0.684. The lowest BCUT2D eigenvalue weighted by atomic mass is 10.1. The van der Waals surface area contributed by atoms with Gasteiger partial charge in [0.25, 0.3) is 0 Å². The maximum atomic E-state index is 5.93. The van der Waals surface area contributed by atoms with Crippen LogP contribution in [0.3, 0.4) is 0 Å². The molecular weight excluding hydrogens is 349 g/mol. The van der Waals surface area contributed by atoms with Crippen LogP contribution < -0.4 is 0 Å². The second kappa shape index (κ2) is 6.20. The lowest BCUT2D eigenvalue weighted by molar-refractivity contribution is -0.178. The molecule has 1 fully saturated rings. The van der Waals surface area contributed by atoms with Gasteiger partial charge in [0, 0.05) is 16.7 Å². The molecule has 2 aromatic carbocycles. The van der Waals surface area contributed by atoms with E-state index in [0.717, 1.165) is 13.1 Å². The van der Waals surface area contributed by atoms with Gasteiger partial charge in [0.05, 0.1) is 6.61 Å². The van der Waals surface area contributed by atoms with E-state index in [1.165, 1.54) is 39.2 Å². The van der Waals surface area contributed by atoms with Gasteiger partial charge in [-0.05, 0) is 51.8 Å². The first-order valence-corrected chi connectivity index (χ1v) is 7.96. The molecule has 1 heterocycles. The monoisotopic (exact) mass is 367 g/mol. The fourth-order valence-electron chi connectivity index (χ4n) is 2.55. The van der Waals surface area contributed by atoms with Gasteiger partial charge in [-0.2, -0.15) is 5.06 Å². The zero-order chi connectivity index (χ0) is 13.1. The van der Waals surface area contributed by atoms with Crippen LogP contribution in [-0.4, -0.2) is 18.2 Å². The van der Waals surface area contributed by atoms with Crippen LogP contribution in [0.2, 0.25) is 0 Å². The van der Waals surface area contributed by atoms with E-state index in [9.17, 15) is 0 Å². The first-order chi connectivity index (χ1) is 9.34. The zero-order valence-corrected chi connectivity index (χ0v) is 13.1. The summed E-state index contributed by atoms with van der Waals surface area (Å²) in [5, 5.41) is 4.74. The SMILES string of the molecule is Ic1c(CON2CCCCC2)ccc2ccccc12. The molecule has 0 radical (unpaired) electrons. The minimum atomic E-state index is 0.684. The lowest BCUT2D eigenvalue weighted by Gasteiger charge is -2.25. The minimum Gasteiger partial charge on any atom is -0.294 e. The Morgan fingerprint density at radius 2 is 1.79 bits per heavy atom. The molecule has 1 aliphatic rings. The van der Waals surface area contributed by atoms with E-state index in [1.807, 2.05) is 0 Å². The molecule has 0 saturated carbocycles. The fourth-order valence-corrected chi connectivity index (χ4v) is 3.37. The highest BCUT2D eigenvalue weighted by Gasteiger charge is 2.12. The van der Waals surface area contributed by atoms with Crippen molar-refractivity contribution < 1.29 is 4.84 Å². The third kappa shape index (κ3) is 3.09. The van der Waals surface area contributed by atoms with E-state index in [-0.39, 0.29) is 0 Å². The molecule has 0 amide bonds. The van der Waals surface area contributed by atoms with E-state index in [2.05, 4.69) is 64.1 Å². The average molecular weight is 367 g/mol. The smallest absolute Gasteiger partial charge is 0.0946 e. The Hall–Kier alpha value is -0.650. The average Bonchev–Trinajstić information content (AvgIpc) is 2.48. The standard InChI is InChI=1S/C16H18INO/c17-16-14(12-19-18-10-4-1-5-11-18)9-8-13-6-2-3-7-15(13)16/h2-3,6-9H,1,4-5,10-12H2. The summed E-state index contributed by atoms with van der Waals surface area (Å²) in [4.78, 5) is 5.93. The van der Waals surface area contributed by atoms with Crippen LogP contribution >= 0.6 is 22.6 Å². The summed E-state index contributed by atoms with van der Waals surface area (Å²) in [5.41, 5.74) is 1.28. The number of benzene rings is 2. The molecule has 19 heavy (non-hydrogen) atoms. The van der Waals surface area contributed by atoms with Gasteiger partial charge in [0.15, 0.2) is 0 Å². The van der Waals surface area contributed by atoms with Crippen LogP contribution in [0.25, 0.3) is 10.8 Å². The number of fused-ring (bicyclic) bond motifs is 1. The molecule has 0 atom stereocenters. The van der Waals surface area contributed by atoms with Crippen molar-refractivity contribution in [3.63, 3.8) is 0 Å².